The number of allylic oxidation sites excluding steroid dienone is 8. The summed E-state index contributed by atoms with van der Waals surface area (Å²) in [6.45, 7) is 9.31. The second-order valence-corrected chi connectivity index (χ2v) is 18.3. The fraction of sp³-hybridized carbons (Fsp3) is 0.410. The summed E-state index contributed by atoms with van der Waals surface area (Å²) in [5.41, 5.74) is 6.99. The van der Waals surface area contributed by atoms with E-state index in [4.69, 9.17) is 8.83 Å². The number of aromatic nitrogens is 2. The fourth-order valence-electron chi connectivity index (χ4n) is 7.66. The standard InChI is InChI=1S/C39H46N4O10S2/c1-38(2)26-22-32-30(40(5)36(44)52-32)24-28(26)42(18-12-14-20-54(46,47)48)34(38)16-10-8-7-9-11-17-35-39(3,4)27-23-33-31(41(6)37(45)53-33)25-29(27)43(35)19-13-15-21-55(49,50)51/h7-11,16-17,22-25H,12-15,18-21H2,1-6H3,(H-,46,47,48,49,50,51)/p+1. The summed E-state index contributed by atoms with van der Waals surface area (Å²) in [4.78, 5) is 26.7. The summed E-state index contributed by atoms with van der Waals surface area (Å²) in [6, 6.07) is 7.63. The number of unbranched alkanes of at least 4 members (excludes halogenated alkanes) is 2. The maximum atomic E-state index is 12.3. The average Bonchev–Trinajstić information content (AvgIpc) is 3.68. The maximum absolute atomic E-state index is 12.3. The second-order valence-electron chi connectivity index (χ2n) is 15.1. The molecule has 0 bridgehead atoms. The molecule has 0 radical (unpaired) electrons. The van der Waals surface area contributed by atoms with Crippen LogP contribution in [0.3, 0.4) is 0 Å². The predicted molar refractivity (Wildman–Crippen MR) is 213 cm³/mol. The Morgan fingerprint density at radius 3 is 1.87 bits per heavy atom. The predicted octanol–water partition coefficient (Wildman–Crippen LogP) is 5.64. The van der Waals surface area contributed by atoms with E-state index >= 15 is 0 Å². The molecule has 14 nitrogen and oxygen atoms in total. The number of rotatable bonds is 14. The van der Waals surface area contributed by atoms with Crippen molar-refractivity contribution in [2.45, 2.75) is 64.2 Å². The van der Waals surface area contributed by atoms with Gasteiger partial charge in [-0.2, -0.15) is 21.4 Å². The summed E-state index contributed by atoms with van der Waals surface area (Å²) in [5, 5.41) is 0. The highest BCUT2D eigenvalue weighted by Crippen LogP contribution is 2.49. The van der Waals surface area contributed by atoms with Crippen molar-refractivity contribution < 1.29 is 39.4 Å². The molecule has 2 aliphatic rings. The summed E-state index contributed by atoms with van der Waals surface area (Å²) in [5.74, 6) is -1.57. The summed E-state index contributed by atoms with van der Waals surface area (Å²) >= 11 is 0. The Morgan fingerprint density at radius 1 is 0.709 bits per heavy atom. The molecular formula is C39H47N4O10S2+. The van der Waals surface area contributed by atoms with Crippen LogP contribution in [0.25, 0.3) is 22.2 Å². The lowest BCUT2D eigenvalue weighted by atomic mass is 9.81. The van der Waals surface area contributed by atoms with Crippen molar-refractivity contribution in [3.05, 3.63) is 105 Å². The van der Waals surface area contributed by atoms with E-state index in [0.29, 0.717) is 48.1 Å². The first-order chi connectivity index (χ1) is 25.7. The van der Waals surface area contributed by atoms with Gasteiger partial charge in [-0.1, -0.05) is 44.2 Å². The molecule has 294 valence electrons. The fourth-order valence-corrected chi connectivity index (χ4v) is 8.79. The first-order valence-corrected chi connectivity index (χ1v) is 21.3. The number of hydrogen-bond acceptors (Lipinski definition) is 9. The zero-order chi connectivity index (χ0) is 40.1. The molecule has 0 amide bonds. The van der Waals surface area contributed by atoms with Crippen molar-refractivity contribution in [3.8, 4) is 0 Å². The van der Waals surface area contributed by atoms with E-state index in [1.54, 1.807) is 14.1 Å². The SMILES string of the molecule is Cn1c(=O)oc2cc3c(cc21)N(CCCCS(=O)(=O)O)C(=CC=CC=CC=CC1=[N+](CCCCS(=O)(=O)O)c2cc4c(cc2C1(C)C)oc(=O)n4C)C3(C)C. The van der Waals surface area contributed by atoms with Crippen LogP contribution in [0.15, 0.2) is 90.9 Å². The van der Waals surface area contributed by atoms with Crippen LogP contribution in [-0.4, -0.2) is 70.0 Å². The number of aryl methyl sites for hydroxylation is 2. The third kappa shape index (κ3) is 7.99. The molecule has 0 aliphatic carbocycles. The van der Waals surface area contributed by atoms with Crippen LogP contribution in [-0.2, 0) is 45.2 Å². The molecule has 4 aromatic rings. The molecule has 0 saturated heterocycles. The zero-order valence-electron chi connectivity index (χ0n) is 31.8. The van der Waals surface area contributed by atoms with Crippen LogP contribution >= 0.6 is 0 Å². The topological polar surface area (TPSA) is 185 Å². The molecule has 0 spiro atoms. The highest BCUT2D eigenvalue weighted by Gasteiger charge is 2.45. The lowest BCUT2D eigenvalue weighted by Gasteiger charge is -2.27. The van der Waals surface area contributed by atoms with Crippen LogP contribution in [0.1, 0.15) is 64.5 Å². The van der Waals surface area contributed by atoms with E-state index in [0.717, 1.165) is 33.9 Å². The van der Waals surface area contributed by atoms with E-state index in [9.17, 15) is 35.5 Å². The third-order valence-electron chi connectivity index (χ3n) is 10.6. The Bertz CT molecular complexity index is 2680. The van der Waals surface area contributed by atoms with Crippen molar-refractivity contribution in [1.29, 1.82) is 0 Å². The second kappa shape index (κ2) is 14.7. The van der Waals surface area contributed by atoms with E-state index in [2.05, 4.69) is 37.2 Å². The zero-order valence-corrected chi connectivity index (χ0v) is 33.4. The van der Waals surface area contributed by atoms with Gasteiger partial charge in [0.05, 0.1) is 28.0 Å². The Hall–Kier alpha value is -4.77. The van der Waals surface area contributed by atoms with Crippen molar-refractivity contribution in [1.82, 2.24) is 9.13 Å². The molecule has 2 N–H and O–H groups in total. The van der Waals surface area contributed by atoms with Crippen LogP contribution in [0.5, 0.6) is 0 Å². The van der Waals surface area contributed by atoms with Gasteiger partial charge in [0.25, 0.3) is 20.2 Å². The van der Waals surface area contributed by atoms with E-state index in [1.807, 2.05) is 66.8 Å². The number of anilines is 1. The molecule has 55 heavy (non-hydrogen) atoms. The van der Waals surface area contributed by atoms with Crippen molar-refractivity contribution in [3.63, 3.8) is 0 Å². The number of hydrogen-bond donors (Lipinski definition) is 2. The number of oxazole rings is 2. The molecule has 6 rings (SSSR count). The molecule has 2 aromatic carbocycles. The van der Waals surface area contributed by atoms with Gasteiger partial charge < -0.3 is 13.7 Å². The minimum Gasteiger partial charge on any atom is -0.408 e. The Balaban J connectivity index is 1.27. The highest BCUT2D eigenvalue weighted by atomic mass is 32.2. The minimum absolute atomic E-state index is 0.283. The van der Waals surface area contributed by atoms with Gasteiger partial charge in [0.1, 0.15) is 6.54 Å². The Labute approximate surface area is 319 Å². The van der Waals surface area contributed by atoms with Gasteiger partial charge in [0, 0.05) is 61.6 Å². The van der Waals surface area contributed by atoms with Crippen molar-refractivity contribution in [2.24, 2.45) is 14.1 Å². The smallest absolute Gasteiger partial charge is 0.408 e. The molecule has 2 aliphatic heterocycles. The monoisotopic (exact) mass is 795 g/mol. The molecular weight excluding hydrogens is 749 g/mol. The average molecular weight is 796 g/mol. The van der Waals surface area contributed by atoms with Crippen LogP contribution in [0.2, 0.25) is 0 Å². The van der Waals surface area contributed by atoms with Gasteiger partial charge in [-0.25, -0.2) is 9.59 Å². The highest BCUT2D eigenvalue weighted by molar-refractivity contribution is 7.86. The Morgan fingerprint density at radius 2 is 1.25 bits per heavy atom. The van der Waals surface area contributed by atoms with Gasteiger partial charge in [0.2, 0.25) is 5.69 Å². The normalized spacial score (nSPS) is 17.7. The van der Waals surface area contributed by atoms with Gasteiger partial charge in [-0.05, 0) is 62.9 Å². The number of fused-ring (bicyclic) bond motifs is 4. The lowest BCUT2D eigenvalue weighted by Crippen LogP contribution is -2.28. The van der Waals surface area contributed by atoms with Gasteiger partial charge in [-0.3, -0.25) is 18.2 Å². The van der Waals surface area contributed by atoms with Crippen LogP contribution < -0.4 is 16.4 Å². The molecule has 0 atom stereocenters. The summed E-state index contributed by atoms with van der Waals surface area (Å²) in [6.07, 6.45) is 15.2. The van der Waals surface area contributed by atoms with Crippen LogP contribution in [0, 0.1) is 0 Å². The van der Waals surface area contributed by atoms with Crippen molar-refractivity contribution >= 4 is 59.5 Å². The molecule has 0 fully saturated rings. The van der Waals surface area contributed by atoms with E-state index < -0.39 is 42.6 Å². The van der Waals surface area contributed by atoms with Gasteiger partial charge in [0.15, 0.2) is 16.9 Å². The molecule has 2 aromatic heterocycles. The van der Waals surface area contributed by atoms with Gasteiger partial charge >= 0.3 is 11.5 Å². The molecule has 16 heteroatoms. The quantitative estimate of drug-likeness (QED) is 0.0697. The molecule has 0 unspecified atom stereocenters. The first-order valence-electron chi connectivity index (χ1n) is 18.0. The van der Waals surface area contributed by atoms with Crippen molar-refractivity contribution in [2.75, 3.05) is 29.5 Å². The molecule has 0 saturated carbocycles. The number of nitrogens with zero attached hydrogens (tertiary/aromatic N) is 4. The Kier molecular flexibility index (Phi) is 10.7. The lowest BCUT2D eigenvalue weighted by molar-refractivity contribution is -0.438. The summed E-state index contributed by atoms with van der Waals surface area (Å²) in [7, 11) is -4.86. The number of benzene rings is 2. The first kappa shape index (κ1) is 39.9. The molecule has 4 heterocycles. The maximum Gasteiger partial charge on any atom is 0.419 e. The van der Waals surface area contributed by atoms with E-state index in [1.165, 1.54) is 9.13 Å². The van der Waals surface area contributed by atoms with Crippen LogP contribution in [0.4, 0.5) is 11.4 Å². The minimum atomic E-state index is -4.08. The van der Waals surface area contributed by atoms with Gasteiger partial charge in [-0.15, -0.1) is 0 Å². The summed E-state index contributed by atoms with van der Waals surface area (Å²) < 4.78 is 80.0. The largest absolute Gasteiger partial charge is 0.419 e. The van der Waals surface area contributed by atoms with E-state index in [-0.39, 0.29) is 24.3 Å². The third-order valence-corrected chi connectivity index (χ3v) is 12.2.